The van der Waals surface area contributed by atoms with Crippen LogP contribution in [0.4, 0.5) is 0 Å². The zero-order valence-corrected chi connectivity index (χ0v) is 27.1. The van der Waals surface area contributed by atoms with Crippen molar-refractivity contribution in [1.82, 2.24) is 4.90 Å². The Bertz CT molecular complexity index is 1330. The van der Waals surface area contributed by atoms with Gasteiger partial charge < -0.3 is 18.9 Å². The molecule has 5 heteroatoms. The van der Waals surface area contributed by atoms with E-state index < -0.39 is 0 Å². The lowest BCUT2D eigenvalue weighted by atomic mass is 9.86. The summed E-state index contributed by atoms with van der Waals surface area (Å²) in [5.41, 5.74) is 5.73. The van der Waals surface area contributed by atoms with Gasteiger partial charge in [-0.25, -0.2) is 0 Å². The lowest BCUT2D eigenvalue weighted by Gasteiger charge is -2.31. The van der Waals surface area contributed by atoms with Gasteiger partial charge in [-0.2, -0.15) is 0 Å². The van der Waals surface area contributed by atoms with Crippen molar-refractivity contribution in [2.24, 2.45) is 0 Å². The number of ether oxygens (including phenoxy) is 4. The maximum atomic E-state index is 6.83. The van der Waals surface area contributed by atoms with E-state index in [2.05, 4.69) is 92.4 Å². The summed E-state index contributed by atoms with van der Waals surface area (Å²) in [5.74, 6) is 3.53. The van der Waals surface area contributed by atoms with Crippen LogP contribution in [0.15, 0.2) is 66.7 Å². The van der Waals surface area contributed by atoms with Crippen LogP contribution in [0.5, 0.6) is 23.0 Å². The molecule has 2 aliphatic heterocycles. The number of nitrogens with zero attached hydrogens (tertiary/aromatic N) is 1. The molecule has 1 saturated heterocycles. The van der Waals surface area contributed by atoms with Gasteiger partial charge in [0.1, 0.15) is 35.7 Å². The summed E-state index contributed by atoms with van der Waals surface area (Å²) < 4.78 is 25.1. The van der Waals surface area contributed by atoms with Crippen LogP contribution in [0.1, 0.15) is 101 Å². The zero-order valence-electron chi connectivity index (χ0n) is 27.1. The maximum absolute atomic E-state index is 6.83. The van der Waals surface area contributed by atoms with Gasteiger partial charge in [-0.15, -0.1) is 0 Å². The van der Waals surface area contributed by atoms with Gasteiger partial charge in [0.05, 0.1) is 13.2 Å². The van der Waals surface area contributed by atoms with Crippen molar-refractivity contribution in [1.29, 1.82) is 0 Å². The molecule has 1 atom stereocenters. The second kappa shape index (κ2) is 16.6. The van der Waals surface area contributed by atoms with E-state index >= 15 is 0 Å². The number of likely N-dealkylation sites (tertiary alicyclic amines) is 1. The molecule has 3 aromatic carbocycles. The summed E-state index contributed by atoms with van der Waals surface area (Å²) in [6.45, 7) is 12.2. The number of benzene rings is 3. The highest BCUT2D eigenvalue weighted by atomic mass is 16.5. The summed E-state index contributed by atoms with van der Waals surface area (Å²) in [5, 5.41) is 0. The second-order valence-electron chi connectivity index (χ2n) is 12.1. The molecular weight excluding hydrogens is 546 g/mol. The molecule has 0 N–H and O–H groups in total. The van der Waals surface area contributed by atoms with Crippen molar-refractivity contribution in [3.8, 4) is 23.0 Å². The number of allylic oxidation sites excluding steroid dienone is 1. The predicted octanol–water partition coefficient (Wildman–Crippen LogP) is 9.75. The number of piperidine rings is 1. The van der Waals surface area contributed by atoms with Crippen molar-refractivity contribution in [2.75, 3.05) is 39.5 Å². The Balaban J connectivity index is 1.36. The number of hydrogen-bond donors (Lipinski definition) is 0. The van der Waals surface area contributed by atoms with Crippen molar-refractivity contribution in [3.05, 3.63) is 83.4 Å². The smallest absolute Gasteiger partial charge is 0.150 e. The first-order chi connectivity index (χ1) is 21.7. The second-order valence-corrected chi connectivity index (χ2v) is 12.1. The Labute approximate surface area is 265 Å². The minimum Gasteiger partial charge on any atom is -0.494 e. The topological polar surface area (TPSA) is 40.2 Å². The van der Waals surface area contributed by atoms with Crippen LogP contribution in [0.2, 0.25) is 0 Å². The van der Waals surface area contributed by atoms with E-state index in [1.807, 2.05) is 0 Å². The average Bonchev–Trinajstić information content (AvgIpc) is 3.06. The van der Waals surface area contributed by atoms with Crippen LogP contribution in [0.3, 0.4) is 0 Å². The first-order valence-electron chi connectivity index (χ1n) is 17.0. The van der Waals surface area contributed by atoms with Gasteiger partial charge in [-0.3, -0.25) is 4.90 Å². The summed E-state index contributed by atoms with van der Waals surface area (Å²) in [6.07, 6.45) is 10.6. The monoisotopic (exact) mass is 597 g/mol. The zero-order chi connectivity index (χ0) is 30.6. The fraction of sp³-hybridized carbons (Fsp3) is 0.487. The van der Waals surface area contributed by atoms with E-state index in [1.54, 1.807) is 0 Å². The fourth-order valence-corrected chi connectivity index (χ4v) is 6.16. The average molecular weight is 598 g/mol. The highest BCUT2D eigenvalue weighted by molar-refractivity contribution is 5.95. The summed E-state index contributed by atoms with van der Waals surface area (Å²) in [7, 11) is 0. The SMILES string of the molecule is CCCCCOc1ccc(C2=C(C)c3ccc(OCCCCC)cc3OC2c2ccc(OCCN3CCCCC3)cc2)cc1. The minimum absolute atomic E-state index is 0.253. The molecule has 0 radical (unpaired) electrons. The van der Waals surface area contributed by atoms with Crippen molar-refractivity contribution in [2.45, 2.75) is 84.7 Å². The number of fused-ring (bicyclic) bond motifs is 1. The Morgan fingerprint density at radius 2 is 1.27 bits per heavy atom. The Hall–Kier alpha value is -3.44. The Kier molecular flexibility index (Phi) is 12.0. The lowest BCUT2D eigenvalue weighted by molar-refractivity contribution is 0.183. The molecule has 2 aliphatic rings. The van der Waals surface area contributed by atoms with Crippen LogP contribution in [0, 0.1) is 0 Å². The summed E-state index contributed by atoms with van der Waals surface area (Å²) >= 11 is 0. The van der Waals surface area contributed by atoms with E-state index in [1.165, 1.54) is 69.2 Å². The van der Waals surface area contributed by atoms with Crippen molar-refractivity contribution < 1.29 is 18.9 Å². The van der Waals surface area contributed by atoms with Crippen LogP contribution in [-0.2, 0) is 0 Å². The quantitative estimate of drug-likeness (QED) is 0.154. The van der Waals surface area contributed by atoms with Gasteiger partial charge in [0.2, 0.25) is 0 Å². The first kappa shape index (κ1) is 32.0. The normalized spacial score (nSPS) is 16.8. The van der Waals surface area contributed by atoms with Gasteiger partial charge in [-0.1, -0.05) is 70.2 Å². The molecule has 1 unspecified atom stereocenters. The van der Waals surface area contributed by atoms with E-state index in [-0.39, 0.29) is 6.10 Å². The van der Waals surface area contributed by atoms with Crippen LogP contribution < -0.4 is 18.9 Å². The van der Waals surface area contributed by atoms with Crippen LogP contribution in [-0.4, -0.2) is 44.4 Å². The minimum atomic E-state index is -0.253. The highest BCUT2D eigenvalue weighted by Crippen LogP contribution is 2.47. The number of hydrogen-bond acceptors (Lipinski definition) is 5. The predicted molar refractivity (Wildman–Crippen MR) is 181 cm³/mol. The highest BCUT2D eigenvalue weighted by Gasteiger charge is 2.30. The molecule has 5 rings (SSSR count). The molecule has 0 aliphatic carbocycles. The van der Waals surface area contributed by atoms with E-state index in [0.29, 0.717) is 6.61 Å². The Morgan fingerprint density at radius 3 is 1.93 bits per heavy atom. The number of unbranched alkanes of at least 4 members (excludes halogenated alkanes) is 4. The molecule has 2 heterocycles. The van der Waals surface area contributed by atoms with Gasteiger partial charge in [-0.05, 0) is 98.8 Å². The van der Waals surface area contributed by atoms with Gasteiger partial charge in [0.15, 0.2) is 0 Å². The van der Waals surface area contributed by atoms with Gasteiger partial charge in [0, 0.05) is 23.7 Å². The van der Waals surface area contributed by atoms with Crippen LogP contribution >= 0.6 is 0 Å². The van der Waals surface area contributed by atoms with Crippen molar-refractivity contribution >= 4 is 11.1 Å². The van der Waals surface area contributed by atoms with Gasteiger partial charge >= 0.3 is 0 Å². The van der Waals surface area contributed by atoms with Gasteiger partial charge in [0.25, 0.3) is 0 Å². The molecule has 0 amide bonds. The third-order valence-corrected chi connectivity index (χ3v) is 8.77. The van der Waals surface area contributed by atoms with E-state index in [4.69, 9.17) is 18.9 Å². The number of rotatable bonds is 16. The molecule has 5 nitrogen and oxygen atoms in total. The summed E-state index contributed by atoms with van der Waals surface area (Å²) in [4.78, 5) is 2.51. The molecule has 1 fully saturated rings. The van der Waals surface area contributed by atoms with E-state index in [9.17, 15) is 0 Å². The van der Waals surface area contributed by atoms with Crippen molar-refractivity contribution in [3.63, 3.8) is 0 Å². The summed E-state index contributed by atoms with van der Waals surface area (Å²) in [6, 6.07) is 23.2. The Morgan fingerprint density at radius 1 is 0.682 bits per heavy atom. The third-order valence-electron chi connectivity index (χ3n) is 8.77. The lowest BCUT2D eigenvalue weighted by Crippen LogP contribution is -2.33. The molecule has 0 saturated carbocycles. The van der Waals surface area contributed by atoms with Crippen LogP contribution in [0.25, 0.3) is 11.1 Å². The molecule has 3 aromatic rings. The first-order valence-corrected chi connectivity index (χ1v) is 17.0. The molecule has 0 aromatic heterocycles. The standard InChI is InChI=1S/C39H51NO4/c1-4-6-11-26-41-33-17-13-31(14-18-33)38-30(3)36-22-21-35(42-27-12-7-5-2)29-37(36)44-39(38)32-15-19-34(20-16-32)43-28-25-40-23-9-8-10-24-40/h13-22,29,39H,4-12,23-28H2,1-3H3. The van der Waals surface area contributed by atoms with E-state index in [0.717, 1.165) is 72.3 Å². The molecule has 0 spiro atoms. The molecule has 236 valence electrons. The largest absolute Gasteiger partial charge is 0.494 e. The fourth-order valence-electron chi connectivity index (χ4n) is 6.16. The molecule has 0 bridgehead atoms. The maximum Gasteiger partial charge on any atom is 0.150 e. The molecular formula is C39H51NO4. The molecule has 44 heavy (non-hydrogen) atoms. The third kappa shape index (κ3) is 8.59.